The van der Waals surface area contributed by atoms with Gasteiger partial charge in [-0.1, -0.05) is 18.2 Å². The fourth-order valence-electron chi connectivity index (χ4n) is 3.99. The van der Waals surface area contributed by atoms with Crippen LogP contribution in [0.1, 0.15) is 29.0 Å². The zero-order valence-corrected chi connectivity index (χ0v) is 16.4. The number of nitro groups is 1. The Morgan fingerprint density at radius 1 is 1.13 bits per heavy atom. The van der Waals surface area contributed by atoms with Crippen LogP contribution in [0.5, 0.6) is 0 Å². The number of hydrogen-bond donors (Lipinski definition) is 0. The molecule has 1 amide bonds. The van der Waals surface area contributed by atoms with Crippen molar-refractivity contribution in [2.24, 2.45) is 5.92 Å². The van der Waals surface area contributed by atoms with Crippen LogP contribution in [0.25, 0.3) is 11.0 Å². The fraction of sp³-hybridized carbons (Fsp3) is 0.333. The zero-order chi connectivity index (χ0) is 22.2. The van der Waals surface area contributed by atoms with Gasteiger partial charge in [-0.15, -0.1) is 0 Å². The summed E-state index contributed by atoms with van der Waals surface area (Å²) >= 11 is 0. The SMILES string of the molecule is O=C(c1cccc([N+](=O)[O-])c1)N1CCC(Cn2c(C(F)(F)F)nc3ccccc32)CC1. The largest absolute Gasteiger partial charge is 0.449 e. The third-order valence-corrected chi connectivity index (χ3v) is 5.55. The fourth-order valence-corrected chi connectivity index (χ4v) is 3.99. The Hall–Kier alpha value is -3.43. The molecule has 162 valence electrons. The number of alkyl halides is 3. The van der Waals surface area contributed by atoms with E-state index in [-0.39, 0.29) is 29.6 Å². The van der Waals surface area contributed by atoms with E-state index in [1.807, 2.05) is 0 Å². The molecule has 0 spiro atoms. The average Bonchev–Trinajstić information content (AvgIpc) is 3.13. The van der Waals surface area contributed by atoms with Crippen LogP contribution in [0.4, 0.5) is 18.9 Å². The quantitative estimate of drug-likeness (QED) is 0.449. The van der Waals surface area contributed by atoms with Crippen LogP contribution in [-0.4, -0.2) is 38.4 Å². The van der Waals surface area contributed by atoms with E-state index in [4.69, 9.17) is 0 Å². The summed E-state index contributed by atoms with van der Waals surface area (Å²) in [5.74, 6) is -1.28. The highest BCUT2D eigenvalue weighted by Crippen LogP contribution is 2.33. The lowest BCUT2D eigenvalue weighted by atomic mass is 9.96. The molecule has 2 aromatic carbocycles. The van der Waals surface area contributed by atoms with Crippen molar-refractivity contribution in [3.05, 3.63) is 70.0 Å². The number of non-ortho nitro benzene ring substituents is 1. The molecular weight excluding hydrogens is 413 g/mol. The third kappa shape index (κ3) is 4.23. The number of nitrogens with zero attached hydrogens (tertiary/aromatic N) is 4. The molecular formula is C21H19F3N4O3. The van der Waals surface area contributed by atoms with Crippen molar-refractivity contribution in [3.8, 4) is 0 Å². The lowest BCUT2D eigenvalue weighted by Gasteiger charge is -2.32. The first-order valence-electron chi connectivity index (χ1n) is 9.80. The number of piperidine rings is 1. The molecule has 0 saturated carbocycles. The lowest BCUT2D eigenvalue weighted by molar-refractivity contribution is -0.384. The first kappa shape index (κ1) is 20.8. The summed E-state index contributed by atoms with van der Waals surface area (Å²) in [5, 5.41) is 10.9. The molecule has 0 aliphatic carbocycles. The molecule has 31 heavy (non-hydrogen) atoms. The van der Waals surface area contributed by atoms with Crippen molar-refractivity contribution in [3.63, 3.8) is 0 Å². The van der Waals surface area contributed by atoms with E-state index in [0.717, 1.165) is 0 Å². The van der Waals surface area contributed by atoms with Crippen LogP contribution in [0.15, 0.2) is 48.5 Å². The second-order valence-electron chi connectivity index (χ2n) is 7.58. The number of likely N-dealkylation sites (tertiary alicyclic amines) is 1. The van der Waals surface area contributed by atoms with Gasteiger partial charge >= 0.3 is 6.18 Å². The number of carbonyl (C=O) groups excluding carboxylic acids is 1. The second-order valence-corrected chi connectivity index (χ2v) is 7.58. The number of hydrogen-bond acceptors (Lipinski definition) is 4. The smallest absolute Gasteiger partial charge is 0.339 e. The Bertz CT molecular complexity index is 1130. The molecule has 2 heterocycles. The Kier molecular flexibility index (Phi) is 5.38. The van der Waals surface area contributed by atoms with Gasteiger partial charge in [0.25, 0.3) is 11.6 Å². The number of nitro benzene ring substituents is 1. The lowest BCUT2D eigenvalue weighted by Crippen LogP contribution is -2.39. The van der Waals surface area contributed by atoms with E-state index >= 15 is 0 Å². The maximum Gasteiger partial charge on any atom is 0.449 e. The van der Waals surface area contributed by atoms with Crippen LogP contribution in [0, 0.1) is 16.0 Å². The molecule has 3 aromatic rings. The van der Waals surface area contributed by atoms with Gasteiger partial charge in [-0.25, -0.2) is 4.98 Å². The van der Waals surface area contributed by atoms with Gasteiger partial charge in [0.2, 0.25) is 5.82 Å². The summed E-state index contributed by atoms with van der Waals surface area (Å²) in [5.41, 5.74) is 0.804. The molecule has 0 N–H and O–H groups in total. The van der Waals surface area contributed by atoms with Crippen molar-refractivity contribution >= 4 is 22.6 Å². The molecule has 0 unspecified atom stereocenters. The highest BCUT2D eigenvalue weighted by atomic mass is 19.4. The van der Waals surface area contributed by atoms with Gasteiger partial charge in [-0.2, -0.15) is 13.2 Å². The summed E-state index contributed by atoms with van der Waals surface area (Å²) in [6, 6.07) is 12.0. The van der Waals surface area contributed by atoms with E-state index in [2.05, 4.69) is 4.98 Å². The number of benzene rings is 2. The number of fused-ring (bicyclic) bond motifs is 1. The van der Waals surface area contributed by atoms with Gasteiger partial charge in [-0.05, 0) is 37.0 Å². The third-order valence-electron chi connectivity index (χ3n) is 5.55. The minimum atomic E-state index is -4.56. The van der Waals surface area contributed by atoms with Gasteiger partial charge in [0.15, 0.2) is 0 Å². The minimum Gasteiger partial charge on any atom is -0.339 e. The number of aromatic nitrogens is 2. The van der Waals surface area contributed by atoms with Crippen molar-refractivity contribution in [2.75, 3.05) is 13.1 Å². The van der Waals surface area contributed by atoms with E-state index in [0.29, 0.717) is 37.0 Å². The summed E-state index contributed by atoms with van der Waals surface area (Å²) in [6.45, 7) is 0.911. The van der Waals surface area contributed by atoms with E-state index in [1.165, 1.54) is 28.8 Å². The number of halogens is 3. The molecule has 1 fully saturated rings. The van der Waals surface area contributed by atoms with Crippen LogP contribution in [0.2, 0.25) is 0 Å². The monoisotopic (exact) mass is 432 g/mol. The molecule has 1 aliphatic heterocycles. The molecule has 10 heteroatoms. The summed E-state index contributed by atoms with van der Waals surface area (Å²) in [4.78, 5) is 28.4. The van der Waals surface area contributed by atoms with Gasteiger partial charge in [0, 0.05) is 37.3 Å². The predicted molar refractivity (Wildman–Crippen MR) is 106 cm³/mol. The van der Waals surface area contributed by atoms with Crippen molar-refractivity contribution < 1.29 is 22.9 Å². The van der Waals surface area contributed by atoms with E-state index in [9.17, 15) is 28.1 Å². The number of para-hydroxylation sites is 2. The normalized spacial score (nSPS) is 15.4. The van der Waals surface area contributed by atoms with Crippen LogP contribution < -0.4 is 0 Å². The molecule has 0 bridgehead atoms. The molecule has 1 aliphatic rings. The highest BCUT2D eigenvalue weighted by Gasteiger charge is 2.38. The maximum absolute atomic E-state index is 13.5. The van der Waals surface area contributed by atoms with Crippen molar-refractivity contribution in [1.29, 1.82) is 0 Å². The number of rotatable bonds is 4. The molecule has 4 rings (SSSR count). The maximum atomic E-state index is 13.5. The summed E-state index contributed by atoms with van der Waals surface area (Å²) in [7, 11) is 0. The Morgan fingerprint density at radius 2 is 1.84 bits per heavy atom. The van der Waals surface area contributed by atoms with Crippen LogP contribution in [0.3, 0.4) is 0 Å². The minimum absolute atomic E-state index is 0.0483. The average molecular weight is 432 g/mol. The zero-order valence-electron chi connectivity index (χ0n) is 16.4. The first-order chi connectivity index (χ1) is 14.7. The first-order valence-corrected chi connectivity index (χ1v) is 9.80. The standard InChI is InChI=1S/C21H19F3N4O3/c22-21(23,24)20-25-17-6-1-2-7-18(17)27(20)13-14-8-10-26(11-9-14)19(29)15-4-3-5-16(12-15)28(30)31/h1-7,12,14H,8-11,13H2. The topological polar surface area (TPSA) is 81.3 Å². The highest BCUT2D eigenvalue weighted by molar-refractivity contribution is 5.94. The van der Waals surface area contributed by atoms with Gasteiger partial charge in [-0.3, -0.25) is 14.9 Å². The molecule has 1 aromatic heterocycles. The van der Waals surface area contributed by atoms with Gasteiger partial charge in [0.05, 0.1) is 16.0 Å². The predicted octanol–water partition coefficient (Wildman–Crippen LogP) is 4.52. The van der Waals surface area contributed by atoms with Crippen molar-refractivity contribution in [1.82, 2.24) is 14.5 Å². The van der Waals surface area contributed by atoms with Gasteiger partial charge in [0.1, 0.15) is 0 Å². The molecule has 7 nitrogen and oxygen atoms in total. The second kappa shape index (κ2) is 8.01. The van der Waals surface area contributed by atoms with Crippen LogP contribution in [-0.2, 0) is 12.7 Å². The number of amides is 1. The Labute approximate surface area is 175 Å². The van der Waals surface area contributed by atoms with Crippen molar-refractivity contribution in [2.45, 2.75) is 25.6 Å². The molecule has 1 saturated heterocycles. The summed E-state index contributed by atoms with van der Waals surface area (Å²) < 4.78 is 41.7. The Balaban J connectivity index is 1.47. The van der Waals surface area contributed by atoms with Gasteiger partial charge < -0.3 is 9.47 Å². The van der Waals surface area contributed by atoms with E-state index < -0.39 is 16.9 Å². The molecule has 0 atom stereocenters. The van der Waals surface area contributed by atoms with E-state index in [1.54, 1.807) is 29.2 Å². The number of carbonyl (C=O) groups is 1. The Morgan fingerprint density at radius 3 is 2.52 bits per heavy atom. The van der Waals surface area contributed by atoms with Crippen LogP contribution >= 0.6 is 0 Å². The number of imidazole rings is 1. The molecule has 0 radical (unpaired) electrons. The summed E-state index contributed by atoms with van der Waals surface area (Å²) in [6.07, 6.45) is -3.49.